The maximum Gasteiger partial charge on any atom is 0.311 e. The number of benzene rings is 1. The van der Waals surface area contributed by atoms with Crippen molar-refractivity contribution in [2.24, 2.45) is 0 Å². The summed E-state index contributed by atoms with van der Waals surface area (Å²) < 4.78 is 5.78. The lowest BCUT2D eigenvalue weighted by molar-refractivity contribution is -0.134. The van der Waals surface area contributed by atoms with Crippen molar-refractivity contribution in [3.63, 3.8) is 0 Å². The molecule has 0 aliphatic carbocycles. The number of hydrogen-bond donors (Lipinski definition) is 0. The van der Waals surface area contributed by atoms with Crippen molar-refractivity contribution in [3.05, 3.63) is 45.6 Å². The van der Waals surface area contributed by atoms with Gasteiger partial charge in [0, 0.05) is 25.1 Å². The van der Waals surface area contributed by atoms with Gasteiger partial charge >= 0.3 is 5.97 Å². The average Bonchev–Trinajstić information content (AvgIpc) is 3.22. The van der Waals surface area contributed by atoms with Gasteiger partial charge in [-0.05, 0) is 42.8 Å². The van der Waals surface area contributed by atoms with Crippen LogP contribution in [0.4, 0.5) is 5.69 Å². The molecule has 7 heteroatoms. The van der Waals surface area contributed by atoms with Crippen molar-refractivity contribution in [3.8, 4) is 5.75 Å². The fourth-order valence-corrected chi connectivity index (χ4v) is 3.61. The van der Waals surface area contributed by atoms with Crippen molar-refractivity contribution in [1.29, 1.82) is 0 Å². The van der Waals surface area contributed by atoms with Gasteiger partial charge in [-0.15, -0.1) is 11.3 Å². The highest BCUT2D eigenvalue weighted by Gasteiger charge is 2.21. The Morgan fingerprint density at radius 1 is 1.12 bits per heavy atom. The lowest BCUT2D eigenvalue weighted by atomic mass is 10.2. The number of halogens is 1. The van der Waals surface area contributed by atoms with Gasteiger partial charge in [-0.1, -0.05) is 11.6 Å². The van der Waals surface area contributed by atoms with Gasteiger partial charge in [0.1, 0.15) is 5.75 Å². The SMILES string of the molecule is O=C(CCC(=O)c1ccc(Cl)s1)Oc1ccc(N2CCCC2=O)cc1. The summed E-state index contributed by atoms with van der Waals surface area (Å²) in [6.07, 6.45) is 1.51. The van der Waals surface area contributed by atoms with Crippen LogP contribution in [-0.4, -0.2) is 24.2 Å². The first-order chi connectivity index (χ1) is 12.0. The highest BCUT2D eigenvalue weighted by molar-refractivity contribution is 7.18. The fourth-order valence-electron chi connectivity index (χ4n) is 2.60. The summed E-state index contributed by atoms with van der Waals surface area (Å²) in [4.78, 5) is 37.8. The number of rotatable bonds is 6. The molecule has 0 saturated carbocycles. The van der Waals surface area contributed by atoms with Crippen LogP contribution >= 0.6 is 22.9 Å². The van der Waals surface area contributed by atoms with Gasteiger partial charge in [0.2, 0.25) is 5.91 Å². The van der Waals surface area contributed by atoms with Crippen LogP contribution in [0.15, 0.2) is 36.4 Å². The van der Waals surface area contributed by atoms with E-state index >= 15 is 0 Å². The molecular formula is C18H16ClNO4S. The van der Waals surface area contributed by atoms with Crippen LogP contribution in [-0.2, 0) is 9.59 Å². The second-order valence-electron chi connectivity index (χ2n) is 5.64. The van der Waals surface area contributed by atoms with E-state index in [2.05, 4.69) is 0 Å². The third kappa shape index (κ3) is 4.46. The van der Waals surface area contributed by atoms with Crippen LogP contribution < -0.4 is 9.64 Å². The Hall–Kier alpha value is -2.18. The van der Waals surface area contributed by atoms with Gasteiger partial charge in [-0.3, -0.25) is 14.4 Å². The number of ketones is 1. The quantitative estimate of drug-likeness (QED) is 0.432. The van der Waals surface area contributed by atoms with E-state index in [1.807, 2.05) is 0 Å². The Morgan fingerprint density at radius 3 is 2.48 bits per heavy atom. The van der Waals surface area contributed by atoms with Crippen molar-refractivity contribution < 1.29 is 19.1 Å². The van der Waals surface area contributed by atoms with E-state index in [1.165, 1.54) is 11.3 Å². The molecular weight excluding hydrogens is 362 g/mol. The summed E-state index contributed by atoms with van der Waals surface area (Å²) in [6, 6.07) is 10.1. The third-order valence-corrected chi connectivity index (χ3v) is 5.13. The van der Waals surface area contributed by atoms with Crippen LogP contribution in [0, 0.1) is 0 Å². The summed E-state index contributed by atoms with van der Waals surface area (Å²) in [5.74, 6) is -0.0957. The Morgan fingerprint density at radius 2 is 1.88 bits per heavy atom. The Kier molecular flexibility index (Phi) is 5.50. The monoisotopic (exact) mass is 377 g/mol. The van der Waals surface area contributed by atoms with E-state index in [0.29, 0.717) is 27.9 Å². The zero-order chi connectivity index (χ0) is 17.8. The molecule has 0 radical (unpaired) electrons. The predicted octanol–water partition coefficient (Wildman–Crippen LogP) is 4.10. The number of thiophene rings is 1. The first-order valence-electron chi connectivity index (χ1n) is 7.92. The second kappa shape index (κ2) is 7.80. The number of carbonyl (C=O) groups excluding carboxylic acids is 3. The molecule has 1 aromatic heterocycles. The molecule has 0 N–H and O–H groups in total. The van der Waals surface area contributed by atoms with E-state index in [9.17, 15) is 14.4 Å². The highest BCUT2D eigenvalue weighted by Crippen LogP contribution is 2.25. The zero-order valence-corrected chi connectivity index (χ0v) is 14.9. The molecule has 1 saturated heterocycles. The molecule has 1 aliphatic rings. The molecule has 25 heavy (non-hydrogen) atoms. The maximum atomic E-state index is 11.9. The molecule has 2 aromatic rings. The molecule has 2 heterocycles. The smallest absolute Gasteiger partial charge is 0.311 e. The molecule has 0 spiro atoms. The summed E-state index contributed by atoms with van der Waals surface area (Å²) in [5, 5.41) is 0. The number of esters is 1. The van der Waals surface area contributed by atoms with Crippen LogP contribution in [0.5, 0.6) is 5.75 Å². The number of anilines is 1. The Bertz CT molecular complexity index is 800. The fraction of sp³-hybridized carbons (Fsp3) is 0.278. The standard InChI is InChI=1S/C18H16ClNO4S/c19-16-9-8-15(25-16)14(21)7-10-18(23)24-13-5-3-12(4-6-13)20-11-1-2-17(20)22/h3-6,8-9H,1-2,7,10-11H2. The number of nitrogens with zero attached hydrogens (tertiary/aromatic N) is 1. The first kappa shape index (κ1) is 17.6. The van der Waals surface area contributed by atoms with E-state index in [1.54, 1.807) is 41.3 Å². The number of ether oxygens (including phenoxy) is 1. The minimum absolute atomic E-state index is 0.000709. The van der Waals surface area contributed by atoms with Crippen molar-refractivity contribution in [2.75, 3.05) is 11.4 Å². The van der Waals surface area contributed by atoms with Crippen molar-refractivity contribution >= 4 is 46.3 Å². The third-order valence-electron chi connectivity index (χ3n) is 3.86. The molecule has 130 valence electrons. The van der Waals surface area contributed by atoms with E-state index < -0.39 is 5.97 Å². The molecule has 0 atom stereocenters. The van der Waals surface area contributed by atoms with Gasteiger partial charge in [-0.25, -0.2) is 0 Å². The lowest BCUT2D eigenvalue weighted by Gasteiger charge is -2.15. The maximum absolute atomic E-state index is 11.9. The predicted molar refractivity (Wildman–Crippen MR) is 96.6 cm³/mol. The van der Waals surface area contributed by atoms with Crippen LogP contribution in [0.1, 0.15) is 35.4 Å². The molecule has 3 rings (SSSR count). The molecule has 0 unspecified atom stereocenters. The molecule has 1 aromatic carbocycles. The van der Waals surface area contributed by atoms with Gasteiger partial charge in [-0.2, -0.15) is 0 Å². The van der Waals surface area contributed by atoms with Crippen molar-refractivity contribution in [2.45, 2.75) is 25.7 Å². The minimum atomic E-state index is -0.471. The normalized spacial score (nSPS) is 14.0. The first-order valence-corrected chi connectivity index (χ1v) is 9.12. The summed E-state index contributed by atoms with van der Waals surface area (Å²) >= 11 is 6.99. The summed E-state index contributed by atoms with van der Waals surface area (Å²) in [6.45, 7) is 0.715. The average molecular weight is 378 g/mol. The van der Waals surface area contributed by atoms with Crippen LogP contribution in [0.2, 0.25) is 4.34 Å². The Labute approximate surface area is 154 Å². The molecule has 1 fully saturated rings. The number of carbonyl (C=O) groups is 3. The summed E-state index contributed by atoms with van der Waals surface area (Å²) in [5.41, 5.74) is 0.798. The molecule has 1 amide bonds. The number of amides is 1. The van der Waals surface area contributed by atoms with Crippen molar-refractivity contribution in [1.82, 2.24) is 0 Å². The van der Waals surface area contributed by atoms with Crippen LogP contribution in [0.25, 0.3) is 0 Å². The van der Waals surface area contributed by atoms with Gasteiger partial charge in [0.25, 0.3) is 0 Å². The minimum Gasteiger partial charge on any atom is -0.427 e. The van der Waals surface area contributed by atoms with E-state index in [4.69, 9.17) is 16.3 Å². The second-order valence-corrected chi connectivity index (χ2v) is 7.36. The number of hydrogen-bond acceptors (Lipinski definition) is 5. The molecule has 0 bridgehead atoms. The summed E-state index contributed by atoms with van der Waals surface area (Å²) in [7, 11) is 0. The van der Waals surface area contributed by atoms with Gasteiger partial charge < -0.3 is 9.64 Å². The molecule has 1 aliphatic heterocycles. The van der Waals surface area contributed by atoms with Crippen LogP contribution in [0.3, 0.4) is 0 Å². The van der Waals surface area contributed by atoms with Gasteiger partial charge in [0.15, 0.2) is 5.78 Å². The highest BCUT2D eigenvalue weighted by atomic mass is 35.5. The Balaban J connectivity index is 1.51. The largest absolute Gasteiger partial charge is 0.427 e. The lowest BCUT2D eigenvalue weighted by Crippen LogP contribution is -2.23. The molecule has 5 nitrogen and oxygen atoms in total. The topological polar surface area (TPSA) is 63.7 Å². The zero-order valence-electron chi connectivity index (χ0n) is 13.4. The van der Waals surface area contributed by atoms with E-state index in [0.717, 1.165) is 12.1 Å². The number of Topliss-reactive ketones (excluding diaryl/α,β-unsaturated/α-hetero) is 1. The van der Waals surface area contributed by atoms with Gasteiger partial charge in [0.05, 0.1) is 15.6 Å². The van der Waals surface area contributed by atoms with E-state index in [-0.39, 0.29) is 24.5 Å².